The topological polar surface area (TPSA) is 81.6 Å². The Bertz CT molecular complexity index is 888. The van der Waals surface area contributed by atoms with Crippen molar-refractivity contribution in [1.82, 2.24) is 9.97 Å². The predicted molar refractivity (Wildman–Crippen MR) is 84.8 cm³/mol. The zero-order valence-electron chi connectivity index (χ0n) is 11.6. The molecule has 0 radical (unpaired) electrons. The first-order valence-corrected chi connectivity index (χ1v) is 6.67. The largest absolute Gasteiger partial charge is 0.361 e. The Kier molecular flexibility index (Phi) is 3.67. The van der Waals surface area contributed by atoms with Gasteiger partial charge in [-0.1, -0.05) is 18.2 Å². The summed E-state index contributed by atoms with van der Waals surface area (Å²) in [4.78, 5) is 19.2. The maximum absolute atomic E-state index is 12.2. The van der Waals surface area contributed by atoms with Gasteiger partial charge in [0.15, 0.2) is 0 Å². The summed E-state index contributed by atoms with van der Waals surface area (Å²) >= 11 is 0. The molecule has 1 amide bonds. The summed E-state index contributed by atoms with van der Waals surface area (Å²) in [5.74, 6) is -0.458. The molecule has 0 unspecified atom stereocenters. The van der Waals surface area contributed by atoms with E-state index in [-0.39, 0.29) is 5.57 Å². The third-order valence-electron chi connectivity index (χ3n) is 3.21. The van der Waals surface area contributed by atoms with Gasteiger partial charge in [0.25, 0.3) is 5.91 Å². The molecular formula is C17H12N4O. The van der Waals surface area contributed by atoms with Gasteiger partial charge < -0.3 is 10.3 Å². The van der Waals surface area contributed by atoms with Gasteiger partial charge in [0.2, 0.25) is 0 Å². The van der Waals surface area contributed by atoms with Crippen LogP contribution >= 0.6 is 0 Å². The van der Waals surface area contributed by atoms with Crippen LogP contribution in [0.2, 0.25) is 0 Å². The maximum atomic E-state index is 12.2. The van der Waals surface area contributed by atoms with Crippen LogP contribution in [-0.4, -0.2) is 15.9 Å². The molecule has 3 aromatic rings. The van der Waals surface area contributed by atoms with E-state index < -0.39 is 5.91 Å². The minimum Gasteiger partial charge on any atom is -0.361 e. The van der Waals surface area contributed by atoms with E-state index in [0.717, 1.165) is 16.5 Å². The molecule has 0 aliphatic carbocycles. The number of nitrogens with zero attached hydrogens (tertiary/aromatic N) is 2. The van der Waals surface area contributed by atoms with Crippen molar-refractivity contribution >= 4 is 28.6 Å². The highest BCUT2D eigenvalue weighted by Gasteiger charge is 2.11. The number of hydrogen-bond acceptors (Lipinski definition) is 3. The summed E-state index contributed by atoms with van der Waals surface area (Å²) < 4.78 is 0. The number of hydrogen-bond donors (Lipinski definition) is 2. The van der Waals surface area contributed by atoms with E-state index in [1.54, 1.807) is 30.6 Å². The number of fused-ring (bicyclic) bond motifs is 1. The molecular weight excluding hydrogens is 276 g/mol. The average Bonchev–Trinajstić information content (AvgIpc) is 2.96. The van der Waals surface area contributed by atoms with E-state index in [1.165, 1.54) is 6.20 Å². The number of benzene rings is 1. The monoisotopic (exact) mass is 288 g/mol. The molecule has 3 rings (SSSR count). The fraction of sp³-hybridized carbons (Fsp3) is 0. The number of pyridine rings is 1. The molecule has 0 saturated heterocycles. The third-order valence-corrected chi connectivity index (χ3v) is 3.21. The Labute approximate surface area is 126 Å². The van der Waals surface area contributed by atoms with Crippen molar-refractivity contribution in [1.29, 1.82) is 5.26 Å². The molecule has 0 spiro atoms. The van der Waals surface area contributed by atoms with Crippen molar-refractivity contribution < 1.29 is 4.79 Å². The number of aromatic nitrogens is 2. The van der Waals surface area contributed by atoms with Crippen LogP contribution in [0, 0.1) is 11.3 Å². The lowest BCUT2D eigenvalue weighted by Gasteiger charge is -2.02. The molecule has 0 fully saturated rings. The number of carbonyl (C=O) groups excluding carboxylic acids is 1. The highest BCUT2D eigenvalue weighted by molar-refractivity contribution is 6.10. The van der Waals surface area contributed by atoms with Crippen LogP contribution in [0.5, 0.6) is 0 Å². The number of carbonyl (C=O) groups is 1. The van der Waals surface area contributed by atoms with Gasteiger partial charge >= 0.3 is 0 Å². The lowest BCUT2D eigenvalue weighted by Crippen LogP contribution is -2.13. The van der Waals surface area contributed by atoms with Crippen molar-refractivity contribution in [3.63, 3.8) is 0 Å². The minimum atomic E-state index is -0.458. The van der Waals surface area contributed by atoms with Crippen molar-refractivity contribution in [2.75, 3.05) is 5.32 Å². The first-order chi connectivity index (χ1) is 10.8. The number of nitrogens with one attached hydrogen (secondary N) is 2. The van der Waals surface area contributed by atoms with E-state index in [0.29, 0.717) is 5.69 Å². The number of rotatable bonds is 3. The number of aromatic amines is 1. The standard InChI is InChI=1S/C17H12N4O/c18-9-12(17(22)21-14-4-3-7-19-11-14)8-13-10-20-16-6-2-1-5-15(13)16/h1-8,10-11,20H,(H,21,22). The predicted octanol–water partition coefficient (Wildman–Crippen LogP) is 3.11. The molecule has 5 heteroatoms. The second-order valence-corrected chi connectivity index (χ2v) is 4.66. The minimum absolute atomic E-state index is 0.0357. The van der Waals surface area contributed by atoms with Crippen molar-refractivity contribution in [3.8, 4) is 6.07 Å². The summed E-state index contributed by atoms with van der Waals surface area (Å²) in [5, 5.41) is 12.9. The first-order valence-electron chi connectivity index (χ1n) is 6.67. The zero-order valence-corrected chi connectivity index (χ0v) is 11.6. The van der Waals surface area contributed by atoms with Crippen LogP contribution in [0.3, 0.4) is 0 Å². The molecule has 0 bridgehead atoms. The van der Waals surface area contributed by atoms with Gasteiger partial charge in [0.1, 0.15) is 11.6 Å². The van der Waals surface area contributed by atoms with Crippen LogP contribution in [0.1, 0.15) is 5.56 Å². The number of H-pyrrole nitrogens is 1. The van der Waals surface area contributed by atoms with Crippen LogP contribution in [0.25, 0.3) is 17.0 Å². The molecule has 0 saturated carbocycles. The van der Waals surface area contributed by atoms with Gasteiger partial charge in [-0.15, -0.1) is 0 Å². The smallest absolute Gasteiger partial charge is 0.266 e. The zero-order chi connectivity index (χ0) is 15.4. The van der Waals surface area contributed by atoms with E-state index >= 15 is 0 Å². The van der Waals surface area contributed by atoms with Gasteiger partial charge in [0, 0.05) is 28.9 Å². The fourth-order valence-electron chi connectivity index (χ4n) is 2.15. The second-order valence-electron chi connectivity index (χ2n) is 4.66. The molecule has 106 valence electrons. The van der Waals surface area contributed by atoms with Gasteiger partial charge in [-0.05, 0) is 24.3 Å². The van der Waals surface area contributed by atoms with E-state index in [2.05, 4.69) is 15.3 Å². The Hall–Kier alpha value is -3.39. The summed E-state index contributed by atoms with van der Waals surface area (Å²) in [6, 6.07) is 13.1. The molecule has 22 heavy (non-hydrogen) atoms. The van der Waals surface area contributed by atoms with E-state index in [4.69, 9.17) is 0 Å². The first kappa shape index (κ1) is 13.6. The van der Waals surface area contributed by atoms with Crippen molar-refractivity contribution in [2.45, 2.75) is 0 Å². The van der Waals surface area contributed by atoms with Gasteiger partial charge in [-0.3, -0.25) is 9.78 Å². The Morgan fingerprint density at radius 3 is 2.91 bits per heavy atom. The average molecular weight is 288 g/mol. The van der Waals surface area contributed by atoms with E-state index in [9.17, 15) is 10.1 Å². The molecule has 0 atom stereocenters. The molecule has 1 aromatic carbocycles. The van der Waals surface area contributed by atoms with E-state index in [1.807, 2.05) is 30.3 Å². The lowest BCUT2D eigenvalue weighted by molar-refractivity contribution is -0.112. The molecule has 2 N–H and O–H groups in total. The molecule has 2 aromatic heterocycles. The maximum Gasteiger partial charge on any atom is 0.266 e. The highest BCUT2D eigenvalue weighted by Crippen LogP contribution is 2.20. The van der Waals surface area contributed by atoms with Crippen LogP contribution < -0.4 is 5.32 Å². The number of anilines is 1. The SMILES string of the molecule is N#CC(=Cc1c[nH]c2ccccc12)C(=O)Nc1cccnc1. The Morgan fingerprint density at radius 1 is 1.27 bits per heavy atom. The van der Waals surface area contributed by atoms with Crippen molar-refractivity contribution in [3.05, 3.63) is 66.1 Å². The number of amides is 1. The van der Waals surface area contributed by atoms with Gasteiger partial charge in [-0.25, -0.2) is 0 Å². The summed E-state index contributed by atoms with van der Waals surface area (Å²) in [7, 11) is 0. The second kappa shape index (κ2) is 5.94. The summed E-state index contributed by atoms with van der Waals surface area (Å²) in [5.41, 5.74) is 2.34. The highest BCUT2D eigenvalue weighted by atomic mass is 16.1. The molecule has 0 aliphatic rings. The van der Waals surface area contributed by atoms with Crippen LogP contribution in [0.15, 0.2) is 60.6 Å². The summed E-state index contributed by atoms with van der Waals surface area (Å²) in [6.45, 7) is 0. The lowest BCUT2D eigenvalue weighted by atomic mass is 10.1. The molecule has 2 heterocycles. The number of para-hydroxylation sites is 1. The number of nitriles is 1. The quantitative estimate of drug-likeness (QED) is 0.574. The van der Waals surface area contributed by atoms with Crippen molar-refractivity contribution in [2.24, 2.45) is 0 Å². The molecule has 5 nitrogen and oxygen atoms in total. The van der Waals surface area contributed by atoms with Gasteiger partial charge in [0.05, 0.1) is 11.9 Å². The Balaban J connectivity index is 1.90. The van der Waals surface area contributed by atoms with Crippen LogP contribution in [-0.2, 0) is 4.79 Å². The normalized spacial score (nSPS) is 11.1. The third kappa shape index (κ3) is 2.72. The fourth-order valence-corrected chi connectivity index (χ4v) is 2.15. The molecule has 0 aliphatic heterocycles. The van der Waals surface area contributed by atoms with Crippen LogP contribution in [0.4, 0.5) is 5.69 Å². The Morgan fingerprint density at radius 2 is 2.14 bits per heavy atom. The van der Waals surface area contributed by atoms with Gasteiger partial charge in [-0.2, -0.15) is 5.26 Å². The summed E-state index contributed by atoms with van der Waals surface area (Å²) in [6.07, 6.45) is 6.49.